The maximum atomic E-state index is 11.2. The van der Waals surface area contributed by atoms with E-state index >= 15 is 0 Å². The van der Waals surface area contributed by atoms with Crippen molar-refractivity contribution >= 4 is 12.0 Å². The van der Waals surface area contributed by atoms with Crippen molar-refractivity contribution in [2.45, 2.75) is 31.7 Å². The van der Waals surface area contributed by atoms with Crippen molar-refractivity contribution in [3.8, 4) is 0 Å². The minimum absolute atomic E-state index is 0.0321. The first kappa shape index (κ1) is 9.93. The summed E-state index contributed by atoms with van der Waals surface area (Å²) in [4.78, 5) is 24.8. The lowest BCUT2D eigenvalue weighted by Gasteiger charge is -2.23. The van der Waals surface area contributed by atoms with Gasteiger partial charge in [-0.25, -0.2) is 9.79 Å². The van der Waals surface area contributed by atoms with Gasteiger partial charge < -0.3 is 4.74 Å². The highest BCUT2D eigenvalue weighted by atomic mass is 16.5. The Morgan fingerprint density at radius 1 is 1.54 bits per heavy atom. The molecular formula is C9H13NO3. The molecule has 72 valence electrons. The molecule has 0 heterocycles. The zero-order valence-corrected chi connectivity index (χ0v) is 7.66. The fourth-order valence-electron chi connectivity index (χ4n) is 1.74. The van der Waals surface area contributed by atoms with Gasteiger partial charge in [-0.15, -0.1) is 0 Å². The van der Waals surface area contributed by atoms with Crippen LogP contribution in [-0.4, -0.2) is 25.2 Å². The van der Waals surface area contributed by atoms with Crippen LogP contribution in [0.3, 0.4) is 0 Å². The third-order valence-corrected chi connectivity index (χ3v) is 2.42. The van der Waals surface area contributed by atoms with E-state index in [-0.39, 0.29) is 17.9 Å². The van der Waals surface area contributed by atoms with Crippen molar-refractivity contribution in [1.82, 2.24) is 0 Å². The lowest BCUT2D eigenvalue weighted by Crippen LogP contribution is -2.25. The van der Waals surface area contributed by atoms with Crippen LogP contribution in [0.2, 0.25) is 0 Å². The first-order valence-electron chi connectivity index (χ1n) is 4.42. The largest absolute Gasteiger partial charge is 0.469 e. The summed E-state index contributed by atoms with van der Waals surface area (Å²) in [7, 11) is 1.38. The number of hydrogen-bond donors (Lipinski definition) is 0. The van der Waals surface area contributed by atoms with Crippen LogP contribution in [0, 0.1) is 5.92 Å². The molecule has 1 rings (SSSR count). The highest BCUT2D eigenvalue weighted by Gasteiger charge is 2.27. The molecule has 0 unspecified atom stereocenters. The van der Waals surface area contributed by atoms with Gasteiger partial charge >= 0.3 is 5.97 Å². The summed E-state index contributed by atoms with van der Waals surface area (Å²) in [6, 6.07) is -0.0321. The van der Waals surface area contributed by atoms with Gasteiger partial charge in [0.2, 0.25) is 6.08 Å². The summed E-state index contributed by atoms with van der Waals surface area (Å²) in [6.07, 6.45) is 4.81. The Morgan fingerprint density at radius 3 is 2.92 bits per heavy atom. The lowest BCUT2D eigenvalue weighted by molar-refractivity contribution is -0.146. The molecule has 0 bridgehead atoms. The second-order valence-electron chi connectivity index (χ2n) is 3.26. The van der Waals surface area contributed by atoms with Gasteiger partial charge in [0.1, 0.15) is 0 Å². The van der Waals surface area contributed by atoms with Crippen molar-refractivity contribution in [2.24, 2.45) is 10.9 Å². The Labute approximate surface area is 77.0 Å². The van der Waals surface area contributed by atoms with E-state index < -0.39 is 0 Å². The Hall–Kier alpha value is -1.15. The standard InChI is InChI=1S/C9H13NO3/c1-13-9(12)7-3-2-4-8(5-7)10-6-11/h7-8H,2-5H2,1H3/t7-,8+/m1/s1. The predicted octanol–water partition coefficient (Wildman–Crippen LogP) is 1.05. The Morgan fingerprint density at radius 2 is 2.31 bits per heavy atom. The second kappa shape index (κ2) is 4.77. The van der Waals surface area contributed by atoms with Crippen molar-refractivity contribution < 1.29 is 14.3 Å². The number of hydrogen-bond acceptors (Lipinski definition) is 4. The lowest BCUT2D eigenvalue weighted by atomic mass is 9.86. The second-order valence-corrected chi connectivity index (χ2v) is 3.26. The molecule has 0 radical (unpaired) electrons. The quantitative estimate of drug-likeness (QED) is 0.365. The van der Waals surface area contributed by atoms with Crippen molar-refractivity contribution in [3.05, 3.63) is 0 Å². The molecule has 0 aromatic rings. The van der Waals surface area contributed by atoms with E-state index in [1.54, 1.807) is 0 Å². The number of aliphatic imine (C=N–C) groups is 1. The summed E-state index contributed by atoms with van der Waals surface area (Å²) in [5, 5.41) is 0. The molecule has 1 fully saturated rings. The maximum Gasteiger partial charge on any atom is 0.308 e. The van der Waals surface area contributed by atoms with E-state index in [1.807, 2.05) is 0 Å². The molecule has 0 amide bonds. The molecule has 0 aliphatic heterocycles. The number of isocyanates is 1. The summed E-state index contributed by atoms with van der Waals surface area (Å²) in [5.74, 6) is -0.272. The van der Waals surface area contributed by atoms with Crippen LogP contribution >= 0.6 is 0 Å². The van der Waals surface area contributed by atoms with Crippen LogP contribution in [0.15, 0.2) is 4.99 Å². The minimum Gasteiger partial charge on any atom is -0.469 e. The first-order valence-corrected chi connectivity index (χ1v) is 4.42. The number of esters is 1. The molecule has 13 heavy (non-hydrogen) atoms. The van der Waals surface area contributed by atoms with Crippen LogP contribution in [0.4, 0.5) is 0 Å². The number of carbonyl (C=O) groups excluding carboxylic acids is 2. The zero-order valence-electron chi connectivity index (χ0n) is 7.66. The number of methoxy groups -OCH3 is 1. The van der Waals surface area contributed by atoms with Gasteiger partial charge in [-0.3, -0.25) is 4.79 Å². The van der Waals surface area contributed by atoms with E-state index in [9.17, 15) is 9.59 Å². The van der Waals surface area contributed by atoms with Crippen LogP contribution in [0.5, 0.6) is 0 Å². The maximum absolute atomic E-state index is 11.2. The monoisotopic (exact) mass is 183 g/mol. The molecule has 1 aliphatic rings. The molecule has 0 aromatic carbocycles. The molecule has 0 N–H and O–H groups in total. The average Bonchev–Trinajstić information content (AvgIpc) is 2.18. The molecule has 0 aromatic heterocycles. The third-order valence-electron chi connectivity index (χ3n) is 2.42. The summed E-state index contributed by atoms with van der Waals surface area (Å²) in [5.41, 5.74) is 0. The number of ether oxygens (including phenoxy) is 1. The molecule has 0 spiro atoms. The van der Waals surface area contributed by atoms with Gasteiger partial charge in [-0.2, -0.15) is 0 Å². The van der Waals surface area contributed by atoms with Gasteiger partial charge in [-0.05, 0) is 19.3 Å². The summed E-state index contributed by atoms with van der Waals surface area (Å²) < 4.78 is 4.64. The highest BCUT2D eigenvalue weighted by molar-refractivity contribution is 5.72. The fourth-order valence-corrected chi connectivity index (χ4v) is 1.74. The molecule has 2 atom stereocenters. The highest BCUT2D eigenvalue weighted by Crippen LogP contribution is 2.26. The SMILES string of the molecule is COC(=O)[C@@H]1CCC[C@H](N=C=O)C1. The zero-order chi connectivity index (χ0) is 9.68. The number of carbonyl (C=O) groups is 1. The Kier molecular flexibility index (Phi) is 3.65. The molecule has 4 nitrogen and oxygen atoms in total. The van der Waals surface area contributed by atoms with Gasteiger partial charge in [0.25, 0.3) is 0 Å². The van der Waals surface area contributed by atoms with E-state index in [0.717, 1.165) is 19.3 Å². The van der Waals surface area contributed by atoms with Crippen molar-refractivity contribution in [3.63, 3.8) is 0 Å². The number of rotatable bonds is 2. The van der Waals surface area contributed by atoms with Gasteiger partial charge in [0.15, 0.2) is 0 Å². The Balaban J connectivity index is 2.50. The van der Waals surface area contributed by atoms with Gasteiger partial charge in [0.05, 0.1) is 19.1 Å². The van der Waals surface area contributed by atoms with Crippen LogP contribution in [-0.2, 0) is 14.3 Å². The van der Waals surface area contributed by atoms with Crippen LogP contribution in [0.1, 0.15) is 25.7 Å². The normalized spacial score (nSPS) is 27.5. The van der Waals surface area contributed by atoms with E-state index in [2.05, 4.69) is 9.73 Å². The summed E-state index contributed by atoms with van der Waals surface area (Å²) >= 11 is 0. The van der Waals surface area contributed by atoms with Gasteiger partial charge in [-0.1, -0.05) is 6.42 Å². The van der Waals surface area contributed by atoms with E-state index in [4.69, 9.17) is 0 Å². The Bertz CT molecular complexity index is 233. The molecule has 1 aliphatic carbocycles. The van der Waals surface area contributed by atoms with Crippen molar-refractivity contribution in [1.29, 1.82) is 0 Å². The smallest absolute Gasteiger partial charge is 0.308 e. The topological polar surface area (TPSA) is 55.7 Å². The van der Waals surface area contributed by atoms with Crippen molar-refractivity contribution in [2.75, 3.05) is 7.11 Å². The van der Waals surface area contributed by atoms with E-state index in [1.165, 1.54) is 13.2 Å². The van der Waals surface area contributed by atoms with Crippen LogP contribution in [0.25, 0.3) is 0 Å². The number of nitrogens with zero attached hydrogens (tertiary/aromatic N) is 1. The molecule has 4 heteroatoms. The molecule has 1 saturated carbocycles. The third kappa shape index (κ3) is 2.67. The fraction of sp³-hybridized carbons (Fsp3) is 0.778. The first-order chi connectivity index (χ1) is 6.27. The average molecular weight is 183 g/mol. The van der Waals surface area contributed by atoms with E-state index in [0.29, 0.717) is 6.42 Å². The minimum atomic E-state index is -0.189. The predicted molar refractivity (Wildman–Crippen MR) is 45.9 cm³/mol. The summed E-state index contributed by atoms with van der Waals surface area (Å²) in [6.45, 7) is 0. The molecule has 0 saturated heterocycles. The van der Waals surface area contributed by atoms with Crippen LogP contribution < -0.4 is 0 Å². The van der Waals surface area contributed by atoms with Gasteiger partial charge in [0, 0.05) is 0 Å². The molecular weight excluding hydrogens is 170 g/mol.